The molecule has 160 valence electrons. The van der Waals surface area contributed by atoms with E-state index >= 15 is 0 Å². The van der Waals surface area contributed by atoms with Crippen LogP contribution in [0.2, 0.25) is 0 Å². The molecular formula is C22H22N4O3S2. The molecule has 4 rings (SSSR count). The van der Waals surface area contributed by atoms with Gasteiger partial charge in [-0.1, -0.05) is 72.4 Å². The van der Waals surface area contributed by atoms with E-state index in [1.807, 2.05) is 60.7 Å². The SMILES string of the molecule is CN(C(=O)CSc1nnc(-c2ccccc2)c(-c2ccccc2)n1)[C@H]1CCS(=O)(=O)C1. The quantitative estimate of drug-likeness (QED) is 0.529. The zero-order chi connectivity index (χ0) is 21.8. The third-order valence-corrected chi connectivity index (χ3v) is 7.81. The predicted molar refractivity (Wildman–Crippen MR) is 121 cm³/mol. The van der Waals surface area contributed by atoms with Gasteiger partial charge in [0.1, 0.15) is 11.4 Å². The molecule has 1 atom stereocenters. The molecule has 1 amide bonds. The fourth-order valence-electron chi connectivity index (χ4n) is 3.47. The summed E-state index contributed by atoms with van der Waals surface area (Å²) in [6, 6.07) is 19.2. The van der Waals surface area contributed by atoms with Crippen molar-refractivity contribution in [1.82, 2.24) is 20.1 Å². The minimum absolute atomic E-state index is 0.0297. The van der Waals surface area contributed by atoms with Crippen molar-refractivity contribution in [2.45, 2.75) is 17.6 Å². The second-order valence-electron chi connectivity index (χ2n) is 7.37. The minimum Gasteiger partial charge on any atom is -0.341 e. The van der Waals surface area contributed by atoms with Gasteiger partial charge in [-0.2, -0.15) is 0 Å². The Hall–Kier alpha value is -2.78. The maximum atomic E-state index is 12.6. The largest absolute Gasteiger partial charge is 0.341 e. The zero-order valence-electron chi connectivity index (χ0n) is 17.0. The van der Waals surface area contributed by atoms with Crippen LogP contribution in [0.4, 0.5) is 0 Å². The minimum atomic E-state index is -3.04. The first-order chi connectivity index (χ1) is 14.9. The van der Waals surface area contributed by atoms with E-state index in [-0.39, 0.29) is 29.2 Å². The fourth-order valence-corrected chi connectivity index (χ4v) is 5.96. The van der Waals surface area contributed by atoms with Crippen LogP contribution in [-0.4, -0.2) is 64.8 Å². The second kappa shape index (κ2) is 9.15. The van der Waals surface area contributed by atoms with Crippen molar-refractivity contribution in [3.8, 4) is 22.5 Å². The molecule has 0 N–H and O–H groups in total. The molecule has 1 saturated heterocycles. The maximum absolute atomic E-state index is 12.6. The summed E-state index contributed by atoms with van der Waals surface area (Å²) in [5.74, 6) is 0.135. The van der Waals surface area contributed by atoms with Crippen LogP contribution < -0.4 is 0 Å². The molecule has 2 aromatic carbocycles. The molecule has 31 heavy (non-hydrogen) atoms. The van der Waals surface area contributed by atoms with Gasteiger partial charge < -0.3 is 4.90 Å². The Morgan fingerprint density at radius 3 is 2.19 bits per heavy atom. The van der Waals surface area contributed by atoms with Crippen LogP contribution in [-0.2, 0) is 14.6 Å². The molecule has 1 aliphatic rings. The first-order valence-corrected chi connectivity index (χ1v) is 12.7. The van der Waals surface area contributed by atoms with Gasteiger partial charge in [0.2, 0.25) is 11.1 Å². The van der Waals surface area contributed by atoms with E-state index in [0.717, 1.165) is 11.1 Å². The van der Waals surface area contributed by atoms with Crippen molar-refractivity contribution in [3.05, 3.63) is 60.7 Å². The summed E-state index contributed by atoms with van der Waals surface area (Å²) in [5, 5.41) is 9.04. The normalized spacial score (nSPS) is 17.4. The number of sulfone groups is 1. The Morgan fingerprint density at radius 2 is 1.61 bits per heavy atom. The van der Waals surface area contributed by atoms with E-state index in [1.165, 1.54) is 16.7 Å². The van der Waals surface area contributed by atoms with Crippen molar-refractivity contribution < 1.29 is 13.2 Å². The van der Waals surface area contributed by atoms with E-state index < -0.39 is 9.84 Å². The van der Waals surface area contributed by atoms with Crippen molar-refractivity contribution in [1.29, 1.82) is 0 Å². The average molecular weight is 455 g/mol. The number of carbonyl (C=O) groups is 1. The average Bonchev–Trinajstić information content (AvgIpc) is 3.17. The highest BCUT2D eigenvalue weighted by Crippen LogP contribution is 2.29. The van der Waals surface area contributed by atoms with Crippen molar-refractivity contribution in [3.63, 3.8) is 0 Å². The van der Waals surface area contributed by atoms with Crippen LogP contribution in [0.15, 0.2) is 65.8 Å². The number of benzene rings is 2. The molecule has 0 unspecified atom stereocenters. The molecule has 2 heterocycles. The second-order valence-corrected chi connectivity index (χ2v) is 10.5. The van der Waals surface area contributed by atoms with Gasteiger partial charge in [-0.05, 0) is 6.42 Å². The van der Waals surface area contributed by atoms with Crippen LogP contribution in [0.3, 0.4) is 0 Å². The number of nitrogens with zero attached hydrogens (tertiary/aromatic N) is 4. The fraction of sp³-hybridized carbons (Fsp3) is 0.273. The summed E-state index contributed by atoms with van der Waals surface area (Å²) in [6.07, 6.45) is 0.483. The first kappa shape index (κ1) is 21.5. The molecule has 1 aromatic heterocycles. The molecule has 9 heteroatoms. The molecular weight excluding hydrogens is 432 g/mol. The number of thioether (sulfide) groups is 1. The van der Waals surface area contributed by atoms with E-state index in [9.17, 15) is 13.2 Å². The number of rotatable bonds is 6. The number of carbonyl (C=O) groups excluding carboxylic acids is 1. The molecule has 1 aliphatic heterocycles. The van der Waals surface area contributed by atoms with Gasteiger partial charge in [-0.15, -0.1) is 10.2 Å². The standard InChI is InChI=1S/C22H22N4O3S2/c1-26(18-12-13-31(28,29)15-18)19(27)14-30-22-23-20(16-8-4-2-5-9-16)21(24-25-22)17-10-6-3-7-11-17/h2-11,18H,12-15H2,1H3/t18-/m0/s1. The Labute approximate surface area is 185 Å². The van der Waals surface area contributed by atoms with E-state index in [1.54, 1.807) is 7.05 Å². The Kier molecular flexibility index (Phi) is 6.33. The Balaban J connectivity index is 1.54. The van der Waals surface area contributed by atoms with Gasteiger partial charge in [0, 0.05) is 24.2 Å². The van der Waals surface area contributed by atoms with Gasteiger partial charge in [0.15, 0.2) is 9.84 Å². The topological polar surface area (TPSA) is 93.1 Å². The number of hydrogen-bond acceptors (Lipinski definition) is 7. The van der Waals surface area contributed by atoms with Crippen LogP contribution in [0.25, 0.3) is 22.5 Å². The lowest BCUT2D eigenvalue weighted by Crippen LogP contribution is -2.38. The summed E-state index contributed by atoms with van der Waals surface area (Å²) in [7, 11) is -1.39. The Morgan fingerprint density at radius 1 is 1.00 bits per heavy atom. The molecule has 7 nitrogen and oxygen atoms in total. The van der Waals surface area contributed by atoms with Crippen molar-refractivity contribution in [2.24, 2.45) is 0 Å². The van der Waals surface area contributed by atoms with Gasteiger partial charge >= 0.3 is 0 Å². The van der Waals surface area contributed by atoms with Crippen molar-refractivity contribution in [2.75, 3.05) is 24.3 Å². The van der Waals surface area contributed by atoms with Gasteiger partial charge in [-0.3, -0.25) is 4.79 Å². The lowest BCUT2D eigenvalue weighted by atomic mass is 10.0. The van der Waals surface area contributed by atoms with Gasteiger partial charge in [0.25, 0.3) is 0 Å². The molecule has 1 fully saturated rings. The summed E-state index contributed by atoms with van der Waals surface area (Å²) in [6.45, 7) is 0. The van der Waals surface area contributed by atoms with Gasteiger partial charge in [-0.25, -0.2) is 13.4 Å². The Bertz CT molecular complexity index is 1170. The smallest absolute Gasteiger partial charge is 0.233 e. The lowest BCUT2D eigenvalue weighted by Gasteiger charge is -2.23. The number of hydrogen-bond donors (Lipinski definition) is 0. The van der Waals surface area contributed by atoms with Crippen LogP contribution in [0.5, 0.6) is 0 Å². The highest BCUT2D eigenvalue weighted by molar-refractivity contribution is 7.99. The van der Waals surface area contributed by atoms with E-state index in [4.69, 9.17) is 4.98 Å². The van der Waals surface area contributed by atoms with E-state index in [0.29, 0.717) is 23.0 Å². The molecule has 0 saturated carbocycles. The monoisotopic (exact) mass is 454 g/mol. The lowest BCUT2D eigenvalue weighted by molar-refractivity contribution is -0.128. The number of aromatic nitrogens is 3. The van der Waals surface area contributed by atoms with Crippen LogP contribution >= 0.6 is 11.8 Å². The van der Waals surface area contributed by atoms with Gasteiger partial charge in [0.05, 0.1) is 17.3 Å². The molecule has 0 spiro atoms. The maximum Gasteiger partial charge on any atom is 0.233 e. The third kappa shape index (κ3) is 5.11. The third-order valence-electron chi connectivity index (χ3n) is 5.24. The molecule has 0 bridgehead atoms. The highest BCUT2D eigenvalue weighted by atomic mass is 32.2. The first-order valence-electron chi connectivity index (χ1n) is 9.87. The number of amides is 1. The zero-order valence-corrected chi connectivity index (χ0v) is 18.6. The van der Waals surface area contributed by atoms with Crippen LogP contribution in [0.1, 0.15) is 6.42 Å². The van der Waals surface area contributed by atoms with Crippen LogP contribution in [0, 0.1) is 0 Å². The predicted octanol–water partition coefficient (Wildman–Crippen LogP) is 2.94. The summed E-state index contributed by atoms with van der Waals surface area (Å²) in [5.41, 5.74) is 3.21. The van der Waals surface area contributed by atoms with Crippen molar-refractivity contribution >= 4 is 27.5 Å². The molecule has 3 aromatic rings. The van der Waals surface area contributed by atoms with E-state index in [2.05, 4.69) is 10.2 Å². The summed E-state index contributed by atoms with van der Waals surface area (Å²) < 4.78 is 23.4. The molecule has 0 aliphatic carbocycles. The summed E-state index contributed by atoms with van der Waals surface area (Å²) >= 11 is 1.20. The molecule has 0 radical (unpaired) electrons. The summed E-state index contributed by atoms with van der Waals surface area (Å²) in [4.78, 5) is 18.8. The highest BCUT2D eigenvalue weighted by Gasteiger charge is 2.32.